The van der Waals surface area contributed by atoms with Crippen molar-refractivity contribution in [1.29, 1.82) is 0 Å². The zero-order valence-corrected chi connectivity index (χ0v) is 11.4. The molecule has 0 heterocycles. The summed E-state index contributed by atoms with van der Waals surface area (Å²) in [6.07, 6.45) is 10.9. The van der Waals surface area contributed by atoms with Gasteiger partial charge >= 0.3 is 0 Å². The van der Waals surface area contributed by atoms with Gasteiger partial charge in [-0.25, -0.2) is 0 Å². The van der Waals surface area contributed by atoms with Gasteiger partial charge in [0.15, 0.2) is 0 Å². The van der Waals surface area contributed by atoms with Crippen molar-refractivity contribution in [3.63, 3.8) is 0 Å². The van der Waals surface area contributed by atoms with E-state index >= 15 is 0 Å². The van der Waals surface area contributed by atoms with Gasteiger partial charge in [-0.05, 0) is 17.8 Å². The Balaban J connectivity index is 3.25. The molecule has 0 bridgehead atoms. The van der Waals surface area contributed by atoms with E-state index in [0.717, 1.165) is 0 Å². The molecule has 91 valence electrons. The summed E-state index contributed by atoms with van der Waals surface area (Å²) < 4.78 is 0. The Morgan fingerprint density at radius 1 is 1.00 bits per heavy atom. The highest BCUT2D eigenvalue weighted by atomic mass is 14.2. The summed E-state index contributed by atoms with van der Waals surface area (Å²) in [5, 5.41) is 0. The molecule has 1 radical (unpaired) electrons. The topological polar surface area (TPSA) is 0 Å². The maximum Gasteiger partial charge on any atom is -0.0357 e. The molecule has 0 aromatic carbocycles. The van der Waals surface area contributed by atoms with Crippen LogP contribution in [0, 0.1) is 18.3 Å². The van der Waals surface area contributed by atoms with Gasteiger partial charge in [-0.3, -0.25) is 0 Å². The Morgan fingerprint density at radius 2 is 1.60 bits per heavy atom. The van der Waals surface area contributed by atoms with Gasteiger partial charge in [-0.1, -0.05) is 79.6 Å². The SMILES string of the molecule is [CH2]C(CC)CCCCCCC(C)(C)CC. The Bertz CT molecular complexity index is 135. The fraction of sp³-hybridized carbons (Fsp3) is 0.933. The van der Waals surface area contributed by atoms with E-state index in [1.807, 2.05) is 0 Å². The quantitative estimate of drug-likeness (QED) is 0.434. The lowest BCUT2D eigenvalue weighted by Crippen LogP contribution is -2.08. The van der Waals surface area contributed by atoms with E-state index in [4.69, 9.17) is 0 Å². The molecule has 0 N–H and O–H groups in total. The summed E-state index contributed by atoms with van der Waals surface area (Å²) in [6, 6.07) is 0. The largest absolute Gasteiger partial charge is 0.0651 e. The molecule has 0 aliphatic rings. The second kappa shape index (κ2) is 8.19. The lowest BCUT2D eigenvalue weighted by molar-refractivity contribution is 0.306. The molecule has 0 saturated heterocycles. The first-order valence-corrected chi connectivity index (χ1v) is 6.85. The third-order valence-corrected chi connectivity index (χ3v) is 3.75. The Hall–Kier alpha value is 0. The van der Waals surface area contributed by atoms with Crippen molar-refractivity contribution in [1.82, 2.24) is 0 Å². The van der Waals surface area contributed by atoms with E-state index in [9.17, 15) is 0 Å². The number of hydrogen-bond acceptors (Lipinski definition) is 0. The first-order valence-electron chi connectivity index (χ1n) is 6.85. The van der Waals surface area contributed by atoms with Gasteiger partial charge < -0.3 is 0 Å². The number of hydrogen-bond donors (Lipinski definition) is 0. The molecule has 0 amide bonds. The van der Waals surface area contributed by atoms with Crippen LogP contribution >= 0.6 is 0 Å². The zero-order chi connectivity index (χ0) is 11.7. The number of rotatable bonds is 9. The molecule has 0 aromatic rings. The van der Waals surface area contributed by atoms with Crippen LogP contribution in [-0.2, 0) is 0 Å². The van der Waals surface area contributed by atoms with Crippen molar-refractivity contribution in [3.05, 3.63) is 6.92 Å². The predicted octanol–water partition coefficient (Wildman–Crippen LogP) is 5.62. The summed E-state index contributed by atoms with van der Waals surface area (Å²) in [7, 11) is 0. The van der Waals surface area contributed by atoms with Crippen molar-refractivity contribution in [2.75, 3.05) is 0 Å². The highest BCUT2D eigenvalue weighted by Crippen LogP contribution is 2.27. The fourth-order valence-electron chi connectivity index (χ4n) is 1.77. The molecule has 0 saturated carbocycles. The van der Waals surface area contributed by atoms with Gasteiger partial charge in [-0.2, -0.15) is 0 Å². The Morgan fingerprint density at radius 3 is 2.13 bits per heavy atom. The molecule has 0 nitrogen and oxygen atoms in total. The maximum absolute atomic E-state index is 4.13. The van der Waals surface area contributed by atoms with E-state index < -0.39 is 0 Å². The summed E-state index contributed by atoms with van der Waals surface area (Å²) in [5.41, 5.74) is 0.568. The van der Waals surface area contributed by atoms with E-state index in [-0.39, 0.29) is 0 Å². The van der Waals surface area contributed by atoms with Gasteiger partial charge in [0.1, 0.15) is 0 Å². The molecular formula is C15H31. The summed E-state index contributed by atoms with van der Waals surface area (Å²) in [4.78, 5) is 0. The van der Waals surface area contributed by atoms with Gasteiger partial charge in [-0.15, -0.1) is 0 Å². The average molecular weight is 211 g/mol. The summed E-state index contributed by atoms with van der Waals surface area (Å²) >= 11 is 0. The molecule has 1 unspecified atom stereocenters. The maximum atomic E-state index is 4.13. The van der Waals surface area contributed by atoms with Gasteiger partial charge in [0.25, 0.3) is 0 Å². The van der Waals surface area contributed by atoms with Crippen molar-refractivity contribution >= 4 is 0 Å². The van der Waals surface area contributed by atoms with Crippen LogP contribution in [-0.4, -0.2) is 0 Å². The molecule has 0 heteroatoms. The molecule has 15 heavy (non-hydrogen) atoms. The molecule has 0 spiro atoms. The van der Waals surface area contributed by atoms with Crippen LogP contribution in [0.5, 0.6) is 0 Å². The van der Waals surface area contributed by atoms with E-state index in [1.165, 1.54) is 51.4 Å². The summed E-state index contributed by atoms with van der Waals surface area (Å²) in [5.74, 6) is 0.692. The van der Waals surface area contributed by atoms with Gasteiger partial charge in [0, 0.05) is 0 Å². The molecule has 1 atom stereocenters. The molecule has 0 aliphatic carbocycles. The molecule has 0 aromatic heterocycles. The second-order valence-corrected chi connectivity index (χ2v) is 5.74. The van der Waals surface area contributed by atoms with Crippen molar-refractivity contribution in [2.24, 2.45) is 11.3 Å². The molecule has 0 rings (SSSR count). The first-order chi connectivity index (χ1) is 7.02. The standard InChI is InChI=1S/C15H31/c1-6-14(3)12-10-8-9-11-13-15(4,5)7-2/h14H,3,6-13H2,1-2,4-5H3. The van der Waals surface area contributed by atoms with E-state index in [1.54, 1.807) is 0 Å². The monoisotopic (exact) mass is 211 g/mol. The van der Waals surface area contributed by atoms with Crippen LogP contribution in [0.25, 0.3) is 0 Å². The van der Waals surface area contributed by atoms with Crippen molar-refractivity contribution in [2.45, 2.75) is 79.1 Å². The summed E-state index contributed by atoms with van der Waals surface area (Å²) in [6.45, 7) is 13.4. The van der Waals surface area contributed by atoms with Gasteiger partial charge in [0.2, 0.25) is 0 Å². The lowest BCUT2D eigenvalue weighted by atomic mass is 9.84. The Labute approximate surface area is 97.8 Å². The number of unbranched alkanes of at least 4 members (excludes halogenated alkanes) is 3. The van der Waals surface area contributed by atoms with Crippen LogP contribution in [0.15, 0.2) is 0 Å². The second-order valence-electron chi connectivity index (χ2n) is 5.74. The minimum Gasteiger partial charge on any atom is -0.0651 e. The Kier molecular flexibility index (Phi) is 8.19. The minimum absolute atomic E-state index is 0.568. The van der Waals surface area contributed by atoms with Gasteiger partial charge in [0.05, 0.1) is 0 Å². The minimum atomic E-state index is 0.568. The molecule has 0 aliphatic heterocycles. The van der Waals surface area contributed by atoms with Crippen LogP contribution in [0.3, 0.4) is 0 Å². The molecule has 0 fully saturated rings. The first kappa shape index (κ1) is 15.0. The highest BCUT2D eigenvalue weighted by Gasteiger charge is 2.13. The van der Waals surface area contributed by atoms with Crippen LogP contribution in [0.1, 0.15) is 79.1 Å². The fourth-order valence-corrected chi connectivity index (χ4v) is 1.77. The van der Waals surface area contributed by atoms with Crippen LogP contribution in [0.4, 0.5) is 0 Å². The normalized spacial score (nSPS) is 14.2. The van der Waals surface area contributed by atoms with Crippen LogP contribution < -0.4 is 0 Å². The zero-order valence-electron chi connectivity index (χ0n) is 11.4. The molecular weight excluding hydrogens is 180 g/mol. The van der Waals surface area contributed by atoms with Crippen molar-refractivity contribution in [3.8, 4) is 0 Å². The van der Waals surface area contributed by atoms with Crippen LogP contribution in [0.2, 0.25) is 0 Å². The third kappa shape index (κ3) is 8.96. The highest BCUT2D eigenvalue weighted by molar-refractivity contribution is 4.66. The third-order valence-electron chi connectivity index (χ3n) is 3.75. The smallest absolute Gasteiger partial charge is 0.0357 e. The van der Waals surface area contributed by atoms with Crippen molar-refractivity contribution < 1.29 is 0 Å². The average Bonchev–Trinajstić information content (AvgIpc) is 2.22. The predicted molar refractivity (Wildman–Crippen MR) is 70.9 cm³/mol. The van der Waals surface area contributed by atoms with E-state index in [2.05, 4.69) is 34.6 Å². The van der Waals surface area contributed by atoms with E-state index in [0.29, 0.717) is 11.3 Å². The lowest BCUT2D eigenvalue weighted by Gasteiger charge is -2.22.